The number of halogens is 2. The van der Waals surface area contributed by atoms with Gasteiger partial charge in [0.2, 0.25) is 5.91 Å². The summed E-state index contributed by atoms with van der Waals surface area (Å²) in [4.78, 5) is 28.4. The first-order chi connectivity index (χ1) is 14.3. The van der Waals surface area contributed by atoms with Gasteiger partial charge in [0, 0.05) is 48.3 Å². The van der Waals surface area contributed by atoms with Crippen LogP contribution in [0.25, 0.3) is 0 Å². The van der Waals surface area contributed by atoms with Crippen LogP contribution >= 0.6 is 23.2 Å². The Hall–Kier alpha value is -1.50. The Bertz CT molecular complexity index is 701. The monoisotopic (exact) mass is 457 g/mol. The number of carbonyl (C=O) groups excluding carboxylic acids is 2. The van der Waals surface area contributed by atoms with E-state index in [4.69, 9.17) is 23.2 Å². The lowest BCUT2D eigenvalue weighted by Gasteiger charge is -2.40. The minimum atomic E-state index is -0.967. The van der Waals surface area contributed by atoms with E-state index in [1.807, 2.05) is 6.92 Å². The second-order valence-electron chi connectivity index (χ2n) is 8.02. The number of hydrogen-bond donors (Lipinski definition) is 2. The van der Waals surface area contributed by atoms with Crippen molar-refractivity contribution in [3.63, 3.8) is 0 Å². The van der Waals surface area contributed by atoms with Gasteiger partial charge in [-0.1, -0.05) is 49.4 Å². The Labute approximate surface area is 189 Å². The smallest absolute Gasteiger partial charge is 0.321 e. The van der Waals surface area contributed by atoms with Gasteiger partial charge in [-0.05, 0) is 44.4 Å². The number of likely N-dealkylation sites (N-methyl/N-ethyl adjacent to an activating group) is 1. The van der Waals surface area contributed by atoms with Crippen molar-refractivity contribution in [2.75, 3.05) is 31.5 Å². The van der Waals surface area contributed by atoms with Gasteiger partial charge in [0.05, 0.1) is 5.60 Å². The summed E-state index contributed by atoms with van der Waals surface area (Å²) in [5, 5.41) is 14.7. The zero-order chi connectivity index (χ0) is 22.1. The quantitative estimate of drug-likeness (QED) is 0.502. The third kappa shape index (κ3) is 7.64. The minimum Gasteiger partial charge on any atom is -0.388 e. The van der Waals surface area contributed by atoms with Crippen LogP contribution in [-0.4, -0.2) is 58.6 Å². The van der Waals surface area contributed by atoms with Crippen LogP contribution in [0.3, 0.4) is 0 Å². The lowest BCUT2D eigenvalue weighted by molar-refractivity contribution is -0.136. The van der Waals surface area contributed by atoms with Gasteiger partial charge in [0.1, 0.15) is 0 Å². The normalized spacial score (nSPS) is 15.7. The molecule has 0 radical (unpaired) electrons. The van der Waals surface area contributed by atoms with Gasteiger partial charge in [0.15, 0.2) is 0 Å². The molecule has 6 nitrogen and oxygen atoms in total. The first-order valence-electron chi connectivity index (χ1n) is 10.8. The summed E-state index contributed by atoms with van der Waals surface area (Å²) >= 11 is 12.0. The zero-order valence-corrected chi connectivity index (χ0v) is 19.4. The highest BCUT2D eigenvalue weighted by molar-refractivity contribution is 6.35. The summed E-state index contributed by atoms with van der Waals surface area (Å²) in [6.45, 7) is 5.81. The molecule has 168 valence electrons. The molecule has 2 N–H and O–H groups in total. The van der Waals surface area contributed by atoms with Crippen molar-refractivity contribution < 1.29 is 14.7 Å². The lowest BCUT2D eigenvalue weighted by atomic mass is 9.90. The maximum Gasteiger partial charge on any atom is 0.321 e. The summed E-state index contributed by atoms with van der Waals surface area (Å²) < 4.78 is 0. The van der Waals surface area contributed by atoms with Crippen molar-refractivity contribution in [1.29, 1.82) is 0 Å². The highest BCUT2D eigenvalue weighted by Crippen LogP contribution is 2.26. The molecule has 0 atom stereocenters. The minimum absolute atomic E-state index is 0.0973. The van der Waals surface area contributed by atoms with Crippen LogP contribution in [0.1, 0.15) is 58.8 Å². The largest absolute Gasteiger partial charge is 0.388 e. The topological polar surface area (TPSA) is 72.9 Å². The molecule has 1 aliphatic heterocycles. The van der Waals surface area contributed by atoms with Gasteiger partial charge in [-0.25, -0.2) is 4.79 Å². The molecule has 1 aromatic carbocycles. The number of urea groups is 1. The number of piperidine rings is 1. The Morgan fingerprint density at radius 2 is 1.73 bits per heavy atom. The summed E-state index contributed by atoms with van der Waals surface area (Å²) in [6, 6.07) is 4.62. The molecular formula is C22H33Cl2N3O3. The molecule has 0 saturated carbocycles. The Kier molecular flexibility index (Phi) is 9.72. The highest BCUT2D eigenvalue weighted by atomic mass is 35.5. The molecule has 2 rings (SSSR count). The summed E-state index contributed by atoms with van der Waals surface area (Å²) in [6.07, 6.45) is 5.62. The SMILES string of the molecule is CCCCCCC(=O)N(CC)CC1(O)CCN(C(=O)Nc2cc(Cl)cc(Cl)c2)CC1. The van der Waals surface area contributed by atoms with Gasteiger partial charge in [-0.3, -0.25) is 4.79 Å². The van der Waals surface area contributed by atoms with Crippen LogP contribution in [0.15, 0.2) is 18.2 Å². The van der Waals surface area contributed by atoms with Crippen LogP contribution in [-0.2, 0) is 4.79 Å². The fourth-order valence-corrected chi connectivity index (χ4v) is 4.23. The Morgan fingerprint density at radius 3 is 2.30 bits per heavy atom. The predicted octanol–water partition coefficient (Wildman–Crippen LogP) is 5.17. The molecule has 8 heteroatoms. The average molecular weight is 458 g/mol. The fraction of sp³-hybridized carbons (Fsp3) is 0.636. The zero-order valence-electron chi connectivity index (χ0n) is 17.9. The van der Waals surface area contributed by atoms with Crippen molar-refractivity contribution >= 4 is 40.8 Å². The van der Waals surface area contributed by atoms with E-state index in [-0.39, 0.29) is 11.9 Å². The van der Waals surface area contributed by atoms with Crippen LogP contribution in [0, 0.1) is 0 Å². The van der Waals surface area contributed by atoms with Gasteiger partial charge < -0.3 is 20.2 Å². The first kappa shape index (κ1) is 24.8. The Morgan fingerprint density at radius 1 is 1.10 bits per heavy atom. The van der Waals surface area contributed by atoms with E-state index in [1.165, 1.54) is 0 Å². The van der Waals surface area contributed by atoms with Crippen molar-refractivity contribution in [1.82, 2.24) is 9.80 Å². The number of hydrogen-bond acceptors (Lipinski definition) is 3. The molecule has 0 aromatic heterocycles. The van der Waals surface area contributed by atoms with Crippen molar-refractivity contribution in [2.45, 2.75) is 64.4 Å². The van der Waals surface area contributed by atoms with E-state index < -0.39 is 5.60 Å². The van der Waals surface area contributed by atoms with E-state index in [0.717, 1.165) is 25.7 Å². The number of rotatable bonds is 9. The summed E-state index contributed by atoms with van der Waals surface area (Å²) in [7, 11) is 0. The molecular weight excluding hydrogens is 425 g/mol. The van der Waals surface area contributed by atoms with Gasteiger partial charge in [-0.2, -0.15) is 0 Å². The van der Waals surface area contributed by atoms with E-state index in [2.05, 4.69) is 12.2 Å². The van der Waals surface area contributed by atoms with Crippen molar-refractivity contribution in [3.8, 4) is 0 Å². The van der Waals surface area contributed by atoms with Crippen molar-refractivity contribution in [3.05, 3.63) is 28.2 Å². The number of unbranched alkanes of at least 4 members (excludes halogenated alkanes) is 3. The number of amides is 3. The molecule has 0 bridgehead atoms. The molecule has 0 spiro atoms. The van der Waals surface area contributed by atoms with E-state index in [1.54, 1.807) is 28.0 Å². The Balaban J connectivity index is 1.84. The number of benzene rings is 1. The molecule has 3 amide bonds. The van der Waals surface area contributed by atoms with E-state index >= 15 is 0 Å². The van der Waals surface area contributed by atoms with Gasteiger partial charge in [0.25, 0.3) is 0 Å². The number of anilines is 1. The van der Waals surface area contributed by atoms with Gasteiger partial charge >= 0.3 is 6.03 Å². The number of aliphatic hydroxyl groups is 1. The third-order valence-corrected chi connectivity index (χ3v) is 6.00. The second kappa shape index (κ2) is 11.8. The molecule has 1 fully saturated rings. The molecule has 0 aliphatic carbocycles. The molecule has 1 saturated heterocycles. The van der Waals surface area contributed by atoms with Crippen LogP contribution in [0.5, 0.6) is 0 Å². The van der Waals surface area contributed by atoms with Crippen LogP contribution in [0.4, 0.5) is 10.5 Å². The lowest BCUT2D eigenvalue weighted by Crippen LogP contribution is -2.53. The molecule has 1 aliphatic rings. The van der Waals surface area contributed by atoms with E-state index in [0.29, 0.717) is 61.2 Å². The molecule has 0 unspecified atom stereocenters. The van der Waals surface area contributed by atoms with Crippen LogP contribution in [0.2, 0.25) is 10.0 Å². The number of nitrogens with one attached hydrogen (secondary N) is 1. The first-order valence-corrected chi connectivity index (χ1v) is 11.5. The van der Waals surface area contributed by atoms with E-state index in [9.17, 15) is 14.7 Å². The highest BCUT2D eigenvalue weighted by Gasteiger charge is 2.36. The second-order valence-corrected chi connectivity index (χ2v) is 8.89. The maximum absolute atomic E-state index is 12.5. The molecule has 1 aromatic rings. The van der Waals surface area contributed by atoms with Gasteiger partial charge in [-0.15, -0.1) is 0 Å². The maximum atomic E-state index is 12.5. The molecule has 30 heavy (non-hydrogen) atoms. The van der Waals surface area contributed by atoms with Crippen molar-refractivity contribution in [2.24, 2.45) is 0 Å². The number of likely N-dealkylation sites (tertiary alicyclic amines) is 1. The fourth-order valence-electron chi connectivity index (χ4n) is 3.71. The third-order valence-electron chi connectivity index (χ3n) is 5.56. The van der Waals surface area contributed by atoms with Crippen LogP contribution < -0.4 is 5.32 Å². The molecule has 1 heterocycles. The average Bonchev–Trinajstić information content (AvgIpc) is 2.69. The summed E-state index contributed by atoms with van der Waals surface area (Å²) in [5.41, 5.74) is -0.435. The summed E-state index contributed by atoms with van der Waals surface area (Å²) in [5.74, 6) is 0.0973. The number of carbonyl (C=O) groups is 2. The number of nitrogens with zero attached hydrogens (tertiary/aromatic N) is 2. The standard InChI is InChI=1S/C22H33Cl2N3O3/c1-3-5-6-7-8-20(28)26(4-2)16-22(30)9-11-27(12-10-22)21(29)25-19-14-17(23)13-18(24)15-19/h13-15,30H,3-12,16H2,1-2H3,(H,25,29). The predicted molar refractivity (Wildman–Crippen MR) is 122 cm³/mol.